The van der Waals surface area contributed by atoms with Gasteiger partial charge in [0.2, 0.25) is 0 Å². The fraction of sp³-hybridized carbons (Fsp3) is 0. The zero-order valence-electron chi connectivity index (χ0n) is 2.07. The molecule has 0 saturated carbocycles. The lowest BCUT2D eigenvalue weighted by Crippen LogP contribution is -3.00. The van der Waals surface area contributed by atoms with Crippen LogP contribution in [-0.4, -0.2) is 0 Å². The Balaban J connectivity index is -0.00000000167. The van der Waals surface area contributed by atoms with Crippen LogP contribution in [0, 0.1) is 0 Å². The van der Waals surface area contributed by atoms with Crippen LogP contribution < -0.4 is 34.0 Å². The number of halogens is 3. The van der Waals surface area contributed by atoms with Gasteiger partial charge in [0, 0.05) is 0 Å². The van der Waals surface area contributed by atoms with E-state index in [0.29, 0.717) is 0 Å². The van der Waals surface area contributed by atoms with E-state index < -0.39 is 0 Å². The van der Waals surface area contributed by atoms with Gasteiger partial charge in [0.15, 0.2) is 0 Å². The minimum absolute atomic E-state index is 0. The Morgan fingerprint density at radius 1 is 1.00 bits per heavy atom. The molecule has 0 unspecified atom stereocenters. The number of hydrogen-bond donors (Lipinski definition) is 0. The summed E-state index contributed by atoms with van der Waals surface area (Å²) < 4.78 is 0. The van der Waals surface area contributed by atoms with Gasteiger partial charge in [-0.15, -0.1) is 0 Å². The summed E-state index contributed by atoms with van der Waals surface area (Å²) in [5.41, 5.74) is 0. The largest absolute Gasteiger partial charge is 1.00 e. The van der Waals surface area contributed by atoms with Crippen LogP contribution in [0.15, 0.2) is 0 Å². The third kappa shape index (κ3) is 31.6. The zero-order valence-corrected chi connectivity index (χ0v) is 7.06. The predicted octanol–water partition coefficient (Wildman–Crippen LogP) is -5.25. The molecule has 5 heteroatoms. The van der Waals surface area contributed by atoms with E-state index in [1.165, 1.54) is 0 Å². The predicted molar refractivity (Wildman–Crippen MR) is 18.2 cm³/mol. The molecule has 0 nitrogen and oxygen atoms in total. The quantitative estimate of drug-likeness (QED) is 0.384. The zero-order chi connectivity index (χ0) is 2.00. The molecule has 0 spiro atoms. The lowest BCUT2D eigenvalue weighted by atomic mass is 19.0. The molecule has 36 valence electrons. The fourth-order valence-corrected chi connectivity index (χ4v) is 0. The van der Waals surface area contributed by atoms with Gasteiger partial charge in [0.25, 0.3) is 0 Å². The van der Waals surface area contributed by atoms with Crippen molar-refractivity contribution in [2.24, 2.45) is 0 Å². The second-order valence-corrected chi connectivity index (χ2v) is 0. The minimum atomic E-state index is 0. The molecular formula is H2Br2FPS-2. The second-order valence-electron chi connectivity index (χ2n) is 0. The Labute approximate surface area is 58.5 Å². The molecule has 5 heavy (non-hydrogen) atoms. The van der Waals surface area contributed by atoms with E-state index in [0.717, 1.165) is 0 Å². The molecule has 0 aromatic carbocycles. The molecule has 0 aliphatic carbocycles. The molecule has 0 aliphatic heterocycles. The summed E-state index contributed by atoms with van der Waals surface area (Å²) in [7, 11) is 2.56. The first kappa shape index (κ1) is 32.3. The van der Waals surface area contributed by atoms with Crippen molar-refractivity contribution in [2.75, 3.05) is 0 Å². The average molecular weight is 244 g/mol. The van der Waals surface area contributed by atoms with Gasteiger partial charge in [-0.25, -0.2) is 0 Å². The summed E-state index contributed by atoms with van der Waals surface area (Å²) in [6.45, 7) is 0. The molecule has 0 aliphatic rings. The second kappa shape index (κ2) is 52.9. The van der Waals surface area contributed by atoms with Crippen molar-refractivity contribution in [1.29, 1.82) is 0 Å². The first-order valence-electron chi connectivity index (χ1n) is 0.204. The molecule has 0 rings (SSSR count). The molecule has 0 bridgehead atoms. The van der Waals surface area contributed by atoms with Gasteiger partial charge in [-0.1, -0.05) is 11.8 Å². The minimum Gasteiger partial charge on any atom is -1.00 e. The summed E-state index contributed by atoms with van der Waals surface area (Å²) in [5.74, 6) is 0. The molecule has 0 radical (unpaired) electrons. The van der Waals surface area contributed by atoms with Crippen molar-refractivity contribution in [3.63, 3.8) is 0 Å². The molecular weight excluding hydrogens is 242 g/mol. The van der Waals surface area contributed by atoms with Crippen molar-refractivity contribution >= 4 is 19.8 Å². The highest BCUT2D eigenvalue weighted by atomic mass is 79.9. The number of rotatable bonds is 0. The van der Waals surface area contributed by atoms with Crippen LogP contribution >= 0.6 is 8.02 Å². The Hall–Kier alpha value is 1.41. The van der Waals surface area contributed by atoms with Crippen LogP contribution in [0.1, 0.15) is 0 Å². The van der Waals surface area contributed by atoms with Crippen LogP contribution in [0.4, 0.5) is 4.70 Å². The maximum atomic E-state index is 3.89. The molecule has 0 aromatic rings. The molecule has 0 N–H and O–H groups in total. The first-order valence-corrected chi connectivity index (χ1v) is 1.84. The summed E-state index contributed by atoms with van der Waals surface area (Å²) >= 11 is 3.89. The Bertz CT molecular complexity index is 9.61. The summed E-state index contributed by atoms with van der Waals surface area (Å²) in [4.78, 5) is 0. The topological polar surface area (TPSA) is 0 Å². The van der Waals surface area contributed by atoms with E-state index in [9.17, 15) is 0 Å². The summed E-state index contributed by atoms with van der Waals surface area (Å²) in [6, 6.07) is 0. The van der Waals surface area contributed by atoms with Crippen molar-refractivity contribution < 1.29 is 38.7 Å². The number of hydrogen-bond acceptors (Lipinski definition) is 1. The van der Waals surface area contributed by atoms with Gasteiger partial charge in [0.1, 0.15) is 0 Å². The third-order valence-electron chi connectivity index (χ3n) is 0. The lowest BCUT2D eigenvalue weighted by Gasteiger charge is -1.00. The van der Waals surface area contributed by atoms with Crippen LogP contribution in [0.5, 0.6) is 0 Å². The Morgan fingerprint density at radius 2 is 1.00 bits per heavy atom. The van der Waals surface area contributed by atoms with E-state index in [4.69, 9.17) is 0 Å². The van der Waals surface area contributed by atoms with E-state index in [-0.39, 0.29) is 38.7 Å². The SMILES string of the molecule is F.P=S.[Br-].[Br-]. The Morgan fingerprint density at radius 3 is 1.00 bits per heavy atom. The van der Waals surface area contributed by atoms with Gasteiger partial charge >= 0.3 is 0 Å². The highest BCUT2D eigenvalue weighted by molar-refractivity contribution is 7.88. The lowest BCUT2D eigenvalue weighted by molar-refractivity contribution is -0.00100. The maximum Gasteiger partial charge on any atom is -0.0437 e. The maximum absolute atomic E-state index is 3.89. The van der Waals surface area contributed by atoms with E-state index in [1.54, 1.807) is 0 Å². The van der Waals surface area contributed by atoms with Crippen LogP contribution in [0.2, 0.25) is 0 Å². The molecule has 0 saturated heterocycles. The fourth-order valence-electron chi connectivity index (χ4n) is 0. The van der Waals surface area contributed by atoms with Crippen molar-refractivity contribution in [3.05, 3.63) is 0 Å². The van der Waals surface area contributed by atoms with Crippen molar-refractivity contribution in [1.82, 2.24) is 0 Å². The van der Waals surface area contributed by atoms with Crippen molar-refractivity contribution in [3.8, 4) is 0 Å². The van der Waals surface area contributed by atoms with Crippen LogP contribution in [-0.2, 0) is 11.8 Å². The van der Waals surface area contributed by atoms with Gasteiger partial charge in [-0.05, 0) is 8.02 Å². The molecule has 0 heterocycles. The Kier molecular flexibility index (Phi) is 342. The third-order valence-corrected chi connectivity index (χ3v) is 0. The molecule has 0 atom stereocenters. The molecule has 0 fully saturated rings. The van der Waals surface area contributed by atoms with Gasteiger partial charge in [-0.2, -0.15) is 0 Å². The molecule has 0 aromatic heterocycles. The van der Waals surface area contributed by atoms with Gasteiger partial charge in [-0.3, -0.25) is 4.70 Å². The normalized spacial score (nSPS) is 0.800. The van der Waals surface area contributed by atoms with E-state index in [2.05, 4.69) is 19.8 Å². The average Bonchev–Trinajstić information content (AvgIpc) is 1.00. The van der Waals surface area contributed by atoms with E-state index >= 15 is 0 Å². The van der Waals surface area contributed by atoms with Crippen LogP contribution in [0.25, 0.3) is 0 Å². The smallest absolute Gasteiger partial charge is 0.0437 e. The highest BCUT2D eigenvalue weighted by Gasteiger charge is 0.655. The van der Waals surface area contributed by atoms with Crippen LogP contribution in [0.3, 0.4) is 0 Å². The standard InChI is InChI=1S/2BrH.FH.HPS/c;;;1-2/h3*1H;1H/p-2. The van der Waals surface area contributed by atoms with E-state index in [1.807, 2.05) is 0 Å². The van der Waals surface area contributed by atoms with Gasteiger partial charge < -0.3 is 34.0 Å². The monoisotopic (exact) mass is 242 g/mol. The van der Waals surface area contributed by atoms with Crippen molar-refractivity contribution in [2.45, 2.75) is 0 Å². The summed E-state index contributed by atoms with van der Waals surface area (Å²) in [5, 5.41) is 0. The van der Waals surface area contributed by atoms with Gasteiger partial charge in [0.05, 0.1) is 0 Å². The highest BCUT2D eigenvalue weighted by Crippen LogP contribution is 1.26. The first-order chi connectivity index (χ1) is 1.00. The summed E-state index contributed by atoms with van der Waals surface area (Å²) in [6.07, 6.45) is 0. The molecule has 0 amide bonds.